The number of imidazole rings is 1. The highest BCUT2D eigenvalue weighted by molar-refractivity contribution is 7.80. The standard InChI is InChI=1S/C20H26F2N4O5SSi/c1-18(2,3)33(4,5)31-14-13(29-17(32)25-9-7-23-11-25)15(30-19(14)10-20(19,21)22)26-8-6-12(27)24-16(26)28/h6-9,11,13-15H,10H2,1-5H3,(H,24,27,28)/t13-,14+,15-,19+/m1/s1. The summed E-state index contributed by atoms with van der Waals surface area (Å²) in [4.78, 5) is 30.1. The number of aromatic nitrogens is 4. The number of hydrogen-bond donors (Lipinski definition) is 1. The average molecular weight is 501 g/mol. The van der Waals surface area contributed by atoms with Crippen LogP contribution in [0.5, 0.6) is 0 Å². The number of rotatable bonds is 4. The van der Waals surface area contributed by atoms with Crippen LogP contribution < -0.4 is 11.2 Å². The fraction of sp³-hybridized carbons (Fsp3) is 0.600. The highest BCUT2D eigenvalue weighted by Crippen LogP contribution is 2.65. The van der Waals surface area contributed by atoms with Gasteiger partial charge >= 0.3 is 5.69 Å². The van der Waals surface area contributed by atoms with Crippen molar-refractivity contribution in [1.29, 1.82) is 0 Å². The molecule has 13 heteroatoms. The van der Waals surface area contributed by atoms with E-state index in [1.165, 1.54) is 23.3 Å². The molecule has 4 rings (SSSR count). The van der Waals surface area contributed by atoms with E-state index in [1.54, 1.807) is 6.20 Å². The lowest BCUT2D eigenvalue weighted by atomic mass is 10.1. The van der Waals surface area contributed by atoms with Crippen molar-refractivity contribution < 1.29 is 22.7 Å². The Balaban J connectivity index is 1.80. The first-order valence-corrected chi connectivity index (χ1v) is 13.7. The van der Waals surface area contributed by atoms with Gasteiger partial charge in [0.2, 0.25) is 0 Å². The molecule has 1 spiro atoms. The molecule has 9 nitrogen and oxygen atoms in total. The SMILES string of the molecule is CC(C)(C)[Si](C)(C)O[C@H]1[C@@H](OC(=S)n2ccnc2)[C@H](n2ccc(=O)[nH]c2=O)O[C@@]12CC2(F)F. The van der Waals surface area contributed by atoms with Crippen LogP contribution in [-0.4, -0.2) is 56.3 Å². The number of nitrogens with one attached hydrogen (secondary N) is 1. The maximum atomic E-state index is 14.8. The zero-order chi connectivity index (χ0) is 24.4. The molecule has 3 heterocycles. The van der Waals surface area contributed by atoms with E-state index in [9.17, 15) is 18.4 Å². The van der Waals surface area contributed by atoms with Crippen LogP contribution in [0.25, 0.3) is 0 Å². The van der Waals surface area contributed by atoms with Gasteiger partial charge in [-0.05, 0) is 30.4 Å². The first kappa shape index (κ1) is 23.9. The number of aromatic amines is 1. The normalized spacial score (nSPS) is 28.8. The molecule has 1 N–H and O–H groups in total. The summed E-state index contributed by atoms with van der Waals surface area (Å²) in [7, 11) is -2.59. The van der Waals surface area contributed by atoms with E-state index < -0.39 is 55.9 Å². The van der Waals surface area contributed by atoms with Gasteiger partial charge in [-0.2, -0.15) is 0 Å². The van der Waals surface area contributed by atoms with Gasteiger partial charge in [0.05, 0.1) is 6.42 Å². The number of nitrogens with zero attached hydrogens (tertiary/aromatic N) is 3. The van der Waals surface area contributed by atoms with Gasteiger partial charge in [-0.25, -0.2) is 18.6 Å². The van der Waals surface area contributed by atoms with Gasteiger partial charge in [0.1, 0.15) is 12.4 Å². The van der Waals surface area contributed by atoms with E-state index in [1.807, 2.05) is 33.9 Å². The average Bonchev–Trinajstić information content (AvgIpc) is 3.06. The Kier molecular flexibility index (Phi) is 5.54. The van der Waals surface area contributed by atoms with Gasteiger partial charge in [0, 0.05) is 24.7 Å². The summed E-state index contributed by atoms with van der Waals surface area (Å²) in [6.07, 6.45) is 1.35. The molecule has 1 aliphatic heterocycles. The van der Waals surface area contributed by atoms with Crippen LogP contribution in [0, 0.1) is 0 Å². The summed E-state index contributed by atoms with van der Waals surface area (Å²) >= 11 is 5.36. The van der Waals surface area contributed by atoms with Crippen LogP contribution in [0.4, 0.5) is 8.78 Å². The molecule has 2 aromatic heterocycles. The molecule has 2 aliphatic rings. The minimum Gasteiger partial charge on any atom is -0.459 e. The van der Waals surface area contributed by atoms with Crippen molar-refractivity contribution in [2.24, 2.45) is 0 Å². The number of thiocarbonyl (C=S) groups is 1. The summed E-state index contributed by atoms with van der Waals surface area (Å²) in [5.74, 6) is -3.18. The van der Waals surface area contributed by atoms with E-state index in [0.717, 1.165) is 10.6 Å². The molecular weight excluding hydrogens is 474 g/mol. The summed E-state index contributed by atoms with van der Waals surface area (Å²) in [5.41, 5.74) is -3.42. The Morgan fingerprint density at radius 1 is 1.33 bits per heavy atom. The van der Waals surface area contributed by atoms with Gasteiger partial charge < -0.3 is 13.9 Å². The Morgan fingerprint density at radius 2 is 2.00 bits per heavy atom. The number of halogens is 2. The predicted molar refractivity (Wildman–Crippen MR) is 121 cm³/mol. The number of H-pyrrole nitrogens is 1. The maximum absolute atomic E-state index is 14.8. The van der Waals surface area contributed by atoms with Gasteiger partial charge in [-0.1, -0.05) is 20.8 Å². The fourth-order valence-electron chi connectivity index (χ4n) is 3.65. The maximum Gasteiger partial charge on any atom is 0.330 e. The summed E-state index contributed by atoms with van der Waals surface area (Å²) in [6, 6.07) is 1.11. The second-order valence-electron chi connectivity index (χ2n) is 9.91. The molecule has 4 atom stereocenters. The first-order valence-electron chi connectivity index (χ1n) is 10.4. The summed E-state index contributed by atoms with van der Waals surface area (Å²) < 4.78 is 50.4. The molecule has 1 aliphatic carbocycles. The van der Waals surface area contributed by atoms with Crippen LogP contribution in [0.2, 0.25) is 18.1 Å². The van der Waals surface area contributed by atoms with Crippen LogP contribution in [0.15, 0.2) is 40.6 Å². The summed E-state index contributed by atoms with van der Waals surface area (Å²) in [6.45, 7) is 9.84. The topological polar surface area (TPSA) is 100 Å². The van der Waals surface area contributed by atoms with Crippen molar-refractivity contribution in [1.82, 2.24) is 19.1 Å². The van der Waals surface area contributed by atoms with Crippen molar-refractivity contribution in [3.8, 4) is 0 Å². The second kappa shape index (κ2) is 7.65. The molecule has 0 bridgehead atoms. The van der Waals surface area contributed by atoms with Crippen molar-refractivity contribution in [2.75, 3.05) is 0 Å². The Hall–Kier alpha value is -2.22. The lowest BCUT2D eigenvalue weighted by molar-refractivity contribution is -0.0992. The predicted octanol–water partition coefficient (Wildman–Crippen LogP) is 2.65. The van der Waals surface area contributed by atoms with Gasteiger partial charge in [0.15, 0.2) is 26.3 Å². The summed E-state index contributed by atoms with van der Waals surface area (Å²) in [5, 5.41) is -0.353. The number of hydrogen-bond acceptors (Lipinski definition) is 7. The van der Waals surface area contributed by atoms with E-state index >= 15 is 0 Å². The molecular formula is C20H26F2N4O5SSi. The Morgan fingerprint density at radius 3 is 2.52 bits per heavy atom. The van der Waals surface area contributed by atoms with E-state index in [2.05, 4.69) is 9.97 Å². The second-order valence-corrected chi connectivity index (χ2v) is 15.0. The third kappa shape index (κ3) is 4.00. The zero-order valence-corrected chi connectivity index (χ0v) is 20.7. The Bertz CT molecular complexity index is 1180. The quantitative estimate of drug-likeness (QED) is 0.509. The third-order valence-electron chi connectivity index (χ3n) is 6.65. The molecule has 180 valence electrons. The van der Waals surface area contributed by atoms with Gasteiger partial charge in [-0.15, -0.1) is 0 Å². The molecule has 0 aromatic carbocycles. The van der Waals surface area contributed by atoms with E-state index in [-0.39, 0.29) is 10.2 Å². The van der Waals surface area contributed by atoms with Crippen LogP contribution in [0.1, 0.15) is 33.4 Å². The monoisotopic (exact) mass is 500 g/mol. The molecule has 0 radical (unpaired) electrons. The van der Waals surface area contributed by atoms with E-state index in [0.29, 0.717) is 0 Å². The van der Waals surface area contributed by atoms with Crippen LogP contribution in [0.3, 0.4) is 0 Å². The lowest BCUT2D eigenvalue weighted by Gasteiger charge is -2.40. The minimum atomic E-state index is -3.18. The van der Waals surface area contributed by atoms with Crippen LogP contribution >= 0.6 is 12.2 Å². The molecule has 0 amide bonds. The van der Waals surface area contributed by atoms with Crippen molar-refractivity contribution in [3.05, 3.63) is 51.8 Å². The van der Waals surface area contributed by atoms with E-state index in [4.69, 9.17) is 26.1 Å². The molecule has 2 fully saturated rings. The third-order valence-corrected chi connectivity index (χ3v) is 11.4. The first-order chi connectivity index (χ1) is 15.2. The molecule has 1 saturated heterocycles. The molecule has 2 aromatic rings. The number of ether oxygens (including phenoxy) is 2. The highest BCUT2D eigenvalue weighted by Gasteiger charge is 2.83. The number of alkyl halides is 2. The lowest BCUT2D eigenvalue weighted by Crippen LogP contribution is -2.52. The largest absolute Gasteiger partial charge is 0.459 e. The smallest absolute Gasteiger partial charge is 0.330 e. The van der Waals surface area contributed by atoms with Crippen molar-refractivity contribution >= 4 is 25.7 Å². The molecule has 33 heavy (non-hydrogen) atoms. The molecule has 0 unspecified atom stereocenters. The minimum absolute atomic E-state index is 0.0616. The molecule has 1 saturated carbocycles. The van der Waals surface area contributed by atoms with Crippen molar-refractivity contribution in [3.63, 3.8) is 0 Å². The van der Waals surface area contributed by atoms with Gasteiger partial charge in [-0.3, -0.25) is 18.9 Å². The van der Waals surface area contributed by atoms with Crippen molar-refractivity contribution in [2.45, 2.75) is 75.3 Å². The Labute approximate surface area is 194 Å². The van der Waals surface area contributed by atoms with Gasteiger partial charge in [0.25, 0.3) is 16.7 Å². The van der Waals surface area contributed by atoms with Crippen LogP contribution in [-0.2, 0) is 13.9 Å². The highest BCUT2D eigenvalue weighted by atomic mass is 32.1. The zero-order valence-electron chi connectivity index (χ0n) is 18.9. The fourth-order valence-corrected chi connectivity index (χ4v) is 5.18.